The van der Waals surface area contributed by atoms with E-state index in [9.17, 15) is 5.11 Å². The van der Waals surface area contributed by atoms with E-state index in [4.69, 9.17) is 5.11 Å². The molecule has 0 aliphatic heterocycles. The first kappa shape index (κ1) is 17.9. The van der Waals surface area contributed by atoms with Crippen LogP contribution in [0.25, 0.3) is 0 Å². The average molecular weight is 258 g/mol. The second kappa shape index (κ2) is 12.0. The number of aliphatic hydroxyl groups is 2. The second-order valence-electron chi connectivity index (χ2n) is 5.67. The first-order chi connectivity index (χ1) is 8.68. The molecule has 0 aliphatic rings. The Kier molecular flexibility index (Phi) is 11.9. The lowest BCUT2D eigenvalue weighted by Crippen LogP contribution is -2.29. The highest BCUT2D eigenvalue weighted by Crippen LogP contribution is 2.24. The zero-order valence-corrected chi connectivity index (χ0v) is 12.6. The van der Waals surface area contributed by atoms with Crippen molar-refractivity contribution in [3.63, 3.8) is 0 Å². The van der Waals surface area contributed by atoms with Crippen molar-refractivity contribution in [3.05, 3.63) is 0 Å². The molecule has 2 N–H and O–H groups in total. The number of hydrogen-bond donors (Lipinski definition) is 2. The van der Waals surface area contributed by atoms with E-state index in [1.165, 1.54) is 44.9 Å². The summed E-state index contributed by atoms with van der Waals surface area (Å²) in [5, 5.41) is 19.3. The van der Waals surface area contributed by atoms with E-state index >= 15 is 0 Å². The van der Waals surface area contributed by atoms with Crippen molar-refractivity contribution in [1.82, 2.24) is 0 Å². The molecule has 0 spiro atoms. The Bertz CT molecular complexity index is 162. The molecule has 0 heterocycles. The van der Waals surface area contributed by atoms with Gasteiger partial charge in [0.25, 0.3) is 0 Å². The Morgan fingerprint density at radius 3 is 1.72 bits per heavy atom. The SMILES string of the molecule is CCCCCCCCCCC(O)(CCC)CCO. The monoisotopic (exact) mass is 258 g/mol. The van der Waals surface area contributed by atoms with Gasteiger partial charge in [-0.15, -0.1) is 0 Å². The van der Waals surface area contributed by atoms with Gasteiger partial charge in [-0.25, -0.2) is 0 Å². The van der Waals surface area contributed by atoms with Crippen LogP contribution in [-0.2, 0) is 0 Å². The van der Waals surface area contributed by atoms with Crippen LogP contribution in [0.5, 0.6) is 0 Å². The zero-order valence-electron chi connectivity index (χ0n) is 12.6. The predicted octanol–water partition coefficient (Wildman–Crippen LogP) is 4.43. The second-order valence-corrected chi connectivity index (χ2v) is 5.67. The molecule has 110 valence electrons. The maximum absolute atomic E-state index is 10.3. The predicted molar refractivity (Wildman–Crippen MR) is 78.8 cm³/mol. The van der Waals surface area contributed by atoms with Gasteiger partial charge >= 0.3 is 0 Å². The fourth-order valence-corrected chi connectivity index (χ4v) is 2.64. The number of aliphatic hydroxyl groups excluding tert-OH is 1. The Morgan fingerprint density at radius 1 is 0.667 bits per heavy atom. The van der Waals surface area contributed by atoms with Gasteiger partial charge in [0.2, 0.25) is 0 Å². The summed E-state index contributed by atoms with van der Waals surface area (Å²) in [4.78, 5) is 0. The highest BCUT2D eigenvalue weighted by atomic mass is 16.3. The molecule has 2 heteroatoms. The van der Waals surface area contributed by atoms with Crippen LogP contribution in [0.2, 0.25) is 0 Å². The zero-order chi connectivity index (χ0) is 13.7. The molecule has 0 rings (SSSR count). The van der Waals surface area contributed by atoms with Crippen LogP contribution in [0.4, 0.5) is 0 Å². The van der Waals surface area contributed by atoms with E-state index in [2.05, 4.69) is 13.8 Å². The first-order valence-corrected chi connectivity index (χ1v) is 8.01. The summed E-state index contributed by atoms with van der Waals surface area (Å²) in [6.45, 7) is 4.44. The average Bonchev–Trinajstić information content (AvgIpc) is 2.33. The maximum atomic E-state index is 10.3. The molecule has 0 fully saturated rings. The largest absolute Gasteiger partial charge is 0.396 e. The molecule has 18 heavy (non-hydrogen) atoms. The number of unbranched alkanes of at least 4 members (excludes halogenated alkanes) is 7. The van der Waals surface area contributed by atoms with Crippen molar-refractivity contribution in [3.8, 4) is 0 Å². The van der Waals surface area contributed by atoms with Gasteiger partial charge in [0.1, 0.15) is 0 Å². The minimum Gasteiger partial charge on any atom is -0.396 e. The van der Waals surface area contributed by atoms with Gasteiger partial charge in [-0.1, -0.05) is 71.6 Å². The van der Waals surface area contributed by atoms with Crippen LogP contribution in [0.1, 0.15) is 90.9 Å². The van der Waals surface area contributed by atoms with Crippen molar-refractivity contribution in [2.75, 3.05) is 6.61 Å². The summed E-state index contributed by atoms with van der Waals surface area (Å²) < 4.78 is 0. The van der Waals surface area contributed by atoms with Gasteiger partial charge in [0.15, 0.2) is 0 Å². The van der Waals surface area contributed by atoms with Crippen LogP contribution in [-0.4, -0.2) is 22.4 Å². The van der Waals surface area contributed by atoms with Gasteiger partial charge in [-0.2, -0.15) is 0 Å². The number of hydrogen-bond acceptors (Lipinski definition) is 2. The highest BCUT2D eigenvalue weighted by Gasteiger charge is 2.24. The summed E-state index contributed by atoms with van der Waals surface area (Å²) >= 11 is 0. The van der Waals surface area contributed by atoms with Crippen LogP contribution in [0.3, 0.4) is 0 Å². The lowest BCUT2D eigenvalue weighted by Gasteiger charge is -2.27. The van der Waals surface area contributed by atoms with E-state index in [1.54, 1.807) is 0 Å². The molecule has 0 saturated carbocycles. The summed E-state index contributed by atoms with van der Waals surface area (Å²) in [6, 6.07) is 0. The Hall–Kier alpha value is -0.0800. The third kappa shape index (κ3) is 9.90. The standard InChI is InChI=1S/C16H34O2/c1-3-5-6-7-8-9-10-11-13-16(18,12-4-2)14-15-17/h17-18H,3-15H2,1-2H3. The minimum atomic E-state index is -0.605. The molecule has 0 amide bonds. The van der Waals surface area contributed by atoms with E-state index in [-0.39, 0.29) is 6.61 Å². The molecule has 2 nitrogen and oxygen atoms in total. The molecular weight excluding hydrogens is 224 g/mol. The normalized spacial score (nSPS) is 14.7. The van der Waals surface area contributed by atoms with Crippen molar-refractivity contribution in [2.45, 2.75) is 96.5 Å². The van der Waals surface area contributed by atoms with Gasteiger partial charge in [0, 0.05) is 6.61 Å². The molecule has 0 bridgehead atoms. The summed E-state index contributed by atoms with van der Waals surface area (Å²) in [5.41, 5.74) is -0.605. The summed E-state index contributed by atoms with van der Waals surface area (Å²) in [6.07, 6.45) is 13.6. The Labute approximate surface area is 114 Å². The fourth-order valence-electron chi connectivity index (χ4n) is 2.64. The first-order valence-electron chi connectivity index (χ1n) is 8.01. The van der Waals surface area contributed by atoms with Crippen molar-refractivity contribution < 1.29 is 10.2 Å². The third-order valence-electron chi connectivity index (χ3n) is 3.79. The molecule has 1 atom stereocenters. The van der Waals surface area contributed by atoms with E-state index in [1.807, 2.05) is 0 Å². The molecule has 0 saturated heterocycles. The van der Waals surface area contributed by atoms with E-state index in [0.29, 0.717) is 6.42 Å². The molecule has 1 unspecified atom stereocenters. The highest BCUT2D eigenvalue weighted by molar-refractivity contribution is 4.77. The summed E-state index contributed by atoms with van der Waals surface area (Å²) in [5.74, 6) is 0. The quantitative estimate of drug-likeness (QED) is 0.480. The van der Waals surface area contributed by atoms with Crippen LogP contribution < -0.4 is 0 Å². The lowest BCUT2D eigenvalue weighted by molar-refractivity contribution is -0.00253. The van der Waals surface area contributed by atoms with Gasteiger partial charge in [-0.3, -0.25) is 0 Å². The van der Waals surface area contributed by atoms with Crippen molar-refractivity contribution in [2.24, 2.45) is 0 Å². The van der Waals surface area contributed by atoms with Gasteiger partial charge < -0.3 is 10.2 Å². The van der Waals surface area contributed by atoms with Gasteiger partial charge in [-0.05, 0) is 19.3 Å². The molecule has 0 aromatic carbocycles. The van der Waals surface area contributed by atoms with E-state index in [0.717, 1.165) is 25.7 Å². The fraction of sp³-hybridized carbons (Fsp3) is 1.00. The molecule has 0 aliphatic carbocycles. The van der Waals surface area contributed by atoms with Crippen LogP contribution in [0, 0.1) is 0 Å². The topological polar surface area (TPSA) is 40.5 Å². The van der Waals surface area contributed by atoms with E-state index < -0.39 is 5.60 Å². The molecule has 0 radical (unpaired) electrons. The smallest absolute Gasteiger partial charge is 0.0669 e. The maximum Gasteiger partial charge on any atom is 0.0669 e. The molecule has 0 aromatic rings. The third-order valence-corrected chi connectivity index (χ3v) is 3.79. The minimum absolute atomic E-state index is 0.105. The summed E-state index contributed by atoms with van der Waals surface area (Å²) in [7, 11) is 0. The molecule has 0 aromatic heterocycles. The van der Waals surface area contributed by atoms with Crippen molar-refractivity contribution >= 4 is 0 Å². The molecular formula is C16H34O2. The Morgan fingerprint density at radius 2 is 1.22 bits per heavy atom. The Balaban J connectivity index is 3.49. The van der Waals surface area contributed by atoms with Crippen LogP contribution in [0.15, 0.2) is 0 Å². The van der Waals surface area contributed by atoms with Crippen LogP contribution >= 0.6 is 0 Å². The number of rotatable bonds is 13. The van der Waals surface area contributed by atoms with Crippen molar-refractivity contribution in [1.29, 1.82) is 0 Å². The lowest BCUT2D eigenvalue weighted by atomic mass is 9.88. The van der Waals surface area contributed by atoms with Gasteiger partial charge in [0.05, 0.1) is 5.60 Å².